The van der Waals surface area contributed by atoms with Crippen molar-refractivity contribution in [2.45, 2.75) is 18.0 Å². The number of amides is 2. The molecule has 0 aliphatic carbocycles. The van der Waals surface area contributed by atoms with E-state index < -0.39 is 16.1 Å². The number of hydrogen-bond acceptors (Lipinski definition) is 8. The lowest BCUT2D eigenvalue weighted by molar-refractivity contribution is 0.251. The number of rotatable bonds is 10. The van der Waals surface area contributed by atoms with Crippen LogP contribution in [0.15, 0.2) is 96.0 Å². The number of carbonyl (C=O) groups is 1. The number of H-pyrrole nitrogens is 1. The first-order valence-electron chi connectivity index (χ1n) is 12.2. The van der Waals surface area contributed by atoms with Crippen LogP contribution in [0.3, 0.4) is 0 Å². The van der Waals surface area contributed by atoms with E-state index in [1.54, 1.807) is 43.6 Å². The SMILES string of the molecule is COc1ccc(CNc2ccc(S(=O)(=O)Oc3ccc4nc(NC(=O)NCc5ccccn5)[nH]c4c3)cc2)cc1. The molecule has 3 aromatic carbocycles. The molecule has 0 unspecified atom stereocenters. The monoisotopic (exact) mass is 558 g/mol. The fraction of sp³-hybridized carbons (Fsp3) is 0.107. The van der Waals surface area contributed by atoms with Gasteiger partial charge in [0.05, 0.1) is 30.4 Å². The van der Waals surface area contributed by atoms with Crippen molar-refractivity contribution in [3.05, 3.63) is 102 Å². The summed E-state index contributed by atoms with van der Waals surface area (Å²) in [5.41, 5.74) is 3.55. The van der Waals surface area contributed by atoms with E-state index >= 15 is 0 Å². The van der Waals surface area contributed by atoms with Crippen LogP contribution in [0.25, 0.3) is 11.0 Å². The van der Waals surface area contributed by atoms with Crippen LogP contribution in [0, 0.1) is 0 Å². The molecule has 0 saturated heterocycles. The molecule has 0 fully saturated rings. The summed E-state index contributed by atoms with van der Waals surface area (Å²) < 4.78 is 36.3. The Kier molecular flexibility index (Phi) is 7.78. The Morgan fingerprint density at radius 2 is 1.70 bits per heavy atom. The zero-order chi connectivity index (χ0) is 28.0. The van der Waals surface area contributed by atoms with E-state index in [9.17, 15) is 13.2 Å². The molecule has 2 heterocycles. The van der Waals surface area contributed by atoms with Gasteiger partial charge in [-0.15, -0.1) is 0 Å². The van der Waals surface area contributed by atoms with Crippen LogP contribution >= 0.6 is 0 Å². The summed E-state index contributed by atoms with van der Waals surface area (Å²) in [6.07, 6.45) is 1.64. The Balaban J connectivity index is 1.18. The molecule has 11 nitrogen and oxygen atoms in total. The first kappa shape index (κ1) is 26.5. The number of fused-ring (bicyclic) bond motifs is 1. The molecule has 0 atom stereocenters. The predicted octanol–water partition coefficient (Wildman–Crippen LogP) is 4.67. The average molecular weight is 559 g/mol. The normalized spacial score (nSPS) is 11.1. The van der Waals surface area contributed by atoms with E-state index in [0.717, 1.165) is 17.0 Å². The second kappa shape index (κ2) is 11.7. The lowest BCUT2D eigenvalue weighted by atomic mass is 10.2. The molecule has 12 heteroatoms. The van der Waals surface area contributed by atoms with Crippen molar-refractivity contribution in [2.75, 3.05) is 17.7 Å². The number of nitrogens with one attached hydrogen (secondary N) is 4. The van der Waals surface area contributed by atoms with Gasteiger partial charge in [-0.05, 0) is 66.2 Å². The second-order valence-corrected chi connectivity index (χ2v) is 10.2. The van der Waals surface area contributed by atoms with Crippen LogP contribution < -0.4 is 24.9 Å². The average Bonchev–Trinajstić information content (AvgIpc) is 3.37. The molecule has 2 aromatic heterocycles. The van der Waals surface area contributed by atoms with Gasteiger partial charge in [0.1, 0.15) is 16.4 Å². The van der Waals surface area contributed by atoms with Crippen LogP contribution in [0.2, 0.25) is 0 Å². The number of pyridine rings is 1. The number of methoxy groups -OCH3 is 1. The summed E-state index contributed by atoms with van der Waals surface area (Å²) in [6, 6.07) is 23.5. The Morgan fingerprint density at radius 3 is 2.42 bits per heavy atom. The Bertz CT molecular complexity index is 1710. The van der Waals surface area contributed by atoms with Gasteiger partial charge < -0.3 is 24.5 Å². The molecule has 4 N–H and O–H groups in total. The maximum atomic E-state index is 12.9. The quantitative estimate of drug-likeness (QED) is 0.181. The number of carbonyl (C=O) groups excluding carboxylic acids is 1. The molecule has 40 heavy (non-hydrogen) atoms. The van der Waals surface area contributed by atoms with Gasteiger partial charge >= 0.3 is 16.1 Å². The van der Waals surface area contributed by atoms with Gasteiger partial charge in [0, 0.05) is 24.5 Å². The highest BCUT2D eigenvalue weighted by Crippen LogP contribution is 2.25. The third kappa shape index (κ3) is 6.66. The van der Waals surface area contributed by atoms with E-state index in [1.807, 2.05) is 30.3 Å². The van der Waals surface area contributed by atoms with Crippen molar-refractivity contribution >= 4 is 38.8 Å². The van der Waals surface area contributed by atoms with Crippen molar-refractivity contribution in [1.82, 2.24) is 20.3 Å². The predicted molar refractivity (Wildman–Crippen MR) is 151 cm³/mol. The van der Waals surface area contributed by atoms with Gasteiger partial charge in [-0.2, -0.15) is 8.42 Å². The molecule has 0 aliphatic heterocycles. The first-order valence-corrected chi connectivity index (χ1v) is 13.6. The van der Waals surface area contributed by atoms with Gasteiger partial charge in [-0.1, -0.05) is 18.2 Å². The molecule has 204 valence electrons. The molecule has 5 rings (SSSR count). The number of ether oxygens (including phenoxy) is 1. The molecular weight excluding hydrogens is 532 g/mol. The van der Waals surface area contributed by atoms with Crippen LogP contribution in [0.5, 0.6) is 11.5 Å². The highest BCUT2D eigenvalue weighted by atomic mass is 32.2. The summed E-state index contributed by atoms with van der Waals surface area (Å²) in [5, 5.41) is 8.56. The third-order valence-electron chi connectivity index (χ3n) is 5.85. The van der Waals surface area contributed by atoms with Crippen molar-refractivity contribution in [3.63, 3.8) is 0 Å². The van der Waals surface area contributed by atoms with Crippen LogP contribution in [0.4, 0.5) is 16.4 Å². The summed E-state index contributed by atoms with van der Waals surface area (Å²) in [4.78, 5) is 23.6. The summed E-state index contributed by atoms with van der Waals surface area (Å²) in [7, 11) is -2.46. The Morgan fingerprint density at radius 1 is 0.925 bits per heavy atom. The van der Waals surface area contributed by atoms with E-state index in [-0.39, 0.29) is 23.1 Å². The van der Waals surface area contributed by atoms with Gasteiger partial charge in [0.15, 0.2) is 0 Å². The van der Waals surface area contributed by atoms with Crippen molar-refractivity contribution in [2.24, 2.45) is 0 Å². The third-order valence-corrected chi connectivity index (χ3v) is 7.11. The van der Waals surface area contributed by atoms with Crippen LogP contribution in [-0.4, -0.2) is 36.5 Å². The van der Waals surface area contributed by atoms with E-state index in [0.29, 0.717) is 23.3 Å². The van der Waals surface area contributed by atoms with Crippen molar-refractivity contribution in [3.8, 4) is 11.5 Å². The zero-order valence-electron chi connectivity index (χ0n) is 21.4. The number of benzene rings is 3. The Labute approximate surface area is 230 Å². The highest BCUT2D eigenvalue weighted by molar-refractivity contribution is 7.87. The van der Waals surface area contributed by atoms with Gasteiger partial charge in [0.25, 0.3) is 0 Å². The summed E-state index contributed by atoms with van der Waals surface area (Å²) in [6.45, 7) is 0.821. The molecule has 0 radical (unpaired) electrons. The highest BCUT2D eigenvalue weighted by Gasteiger charge is 2.17. The van der Waals surface area contributed by atoms with Gasteiger partial charge in [0.2, 0.25) is 5.95 Å². The zero-order valence-corrected chi connectivity index (χ0v) is 22.2. The lowest BCUT2D eigenvalue weighted by Crippen LogP contribution is -2.28. The number of urea groups is 1. The number of aromatic amines is 1. The van der Waals surface area contributed by atoms with Gasteiger partial charge in [-0.3, -0.25) is 10.3 Å². The largest absolute Gasteiger partial charge is 0.497 e. The van der Waals surface area contributed by atoms with Crippen LogP contribution in [0.1, 0.15) is 11.3 Å². The minimum atomic E-state index is -4.08. The molecular formula is C28H26N6O5S. The van der Waals surface area contributed by atoms with Gasteiger partial charge in [-0.25, -0.2) is 9.78 Å². The molecule has 0 spiro atoms. The molecule has 0 saturated carbocycles. The summed E-state index contributed by atoms with van der Waals surface area (Å²) in [5.74, 6) is 1.08. The van der Waals surface area contributed by atoms with Crippen molar-refractivity contribution in [1.29, 1.82) is 0 Å². The Hall–Kier alpha value is -5.10. The summed E-state index contributed by atoms with van der Waals surface area (Å²) >= 11 is 0. The second-order valence-electron chi connectivity index (χ2n) is 8.66. The topological polar surface area (TPSA) is 147 Å². The standard InChI is InChI=1S/C28H26N6O5S/c1-38-22-9-5-19(6-10-22)17-30-20-7-12-24(13-8-20)40(36,37)39-23-11-14-25-26(16-23)33-27(32-25)34-28(35)31-18-21-4-2-3-15-29-21/h2-16,30H,17-18H2,1H3,(H3,31,32,33,34,35). The number of hydrogen-bond donors (Lipinski definition) is 4. The lowest BCUT2D eigenvalue weighted by Gasteiger charge is -2.10. The smallest absolute Gasteiger partial charge is 0.339 e. The van der Waals surface area contributed by atoms with Crippen molar-refractivity contribution < 1.29 is 22.1 Å². The fourth-order valence-corrected chi connectivity index (χ4v) is 4.71. The minimum Gasteiger partial charge on any atom is -0.497 e. The minimum absolute atomic E-state index is 0.0131. The maximum absolute atomic E-state index is 12.9. The molecule has 2 amide bonds. The van der Waals surface area contributed by atoms with E-state index in [2.05, 4.69) is 30.9 Å². The number of nitrogens with zero attached hydrogens (tertiary/aromatic N) is 2. The molecule has 0 bridgehead atoms. The maximum Gasteiger partial charge on any atom is 0.339 e. The number of aromatic nitrogens is 3. The molecule has 0 aliphatic rings. The van der Waals surface area contributed by atoms with Crippen LogP contribution in [-0.2, 0) is 23.2 Å². The fourth-order valence-electron chi connectivity index (χ4n) is 3.79. The number of anilines is 2. The first-order chi connectivity index (χ1) is 19.4. The van der Waals surface area contributed by atoms with E-state index in [4.69, 9.17) is 8.92 Å². The number of imidazole rings is 1. The van der Waals surface area contributed by atoms with E-state index in [1.165, 1.54) is 24.3 Å². The molecule has 5 aromatic rings.